The van der Waals surface area contributed by atoms with Crippen molar-refractivity contribution >= 4 is 28.9 Å². The molecule has 3 rings (SSSR count). The van der Waals surface area contributed by atoms with Gasteiger partial charge in [0.05, 0.1) is 12.8 Å². The number of hydrogen-bond donors (Lipinski definition) is 3. The van der Waals surface area contributed by atoms with Crippen LogP contribution < -0.4 is 0 Å². The molecule has 0 aliphatic carbocycles. The van der Waals surface area contributed by atoms with E-state index in [0.29, 0.717) is 10.8 Å². The van der Waals surface area contributed by atoms with Crippen molar-refractivity contribution in [3.63, 3.8) is 0 Å². The van der Waals surface area contributed by atoms with Crippen molar-refractivity contribution < 1.29 is 33.2 Å². The summed E-state index contributed by atoms with van der Waals surface area (Å²) in [5, 5.41) is 39.6. The minimum absolute atomic E-state index is 0.0964. The van der Waals surface area contributed by atoms with E-state index in [9.17, 15) is 28.5 Å². The first-order chi connectivity index (χ1) is 16.1. The topological polar surface area (TPSA) is 101 Å². The molecule has 1 aromatic heterocycles. The number of aliphatic hydroxyl groups is 3. The van der Waals surface area contributed by atoms with E-state index in [1.807, 2.05) is 12.1 Å². The lowest BCUT2D eigenvalue weighted by Crippen LogP contribution is -2.55. The molecule has 0 spiro atoms. The van der Waals surface area contributed by atoms with Gasteiger partial charge in [-0.1, -0.05) is 41.6 Å². The van der Waals surface area contributed by atoms with Gasteiger partial charge in [0.2, 0.25) is 0 Å². The summed E-state index contributed by atoms with van der Waals surface area (Å²) in [5.41, 5.74) is 0.171. The first kappa shape index (κ1) is 26.5. The molecule has 1 aliphatic heterocycles. The minimum Gasteiger partial charge on any atom is -0.394 e. The van der Waals surface area contributed by atoms with Gasteiger partial charge in [0.1, 0.15) is 35.5 Å². The molecule has 0 saturated carbocycles. The number of nitrogens with zero attached hydrogens (tertiary/aromatic N) is 3. The van der Waals surface area contributed by atoms with Gasteiger partial charge in [-0.3, -0.25) is 0 Å². The molecule has 0 amide bonds. The van der Waals surface area contributed by atoms with E-state index in [0.717, 1.165) is 11.6 Å². The van der Waals surface area contributed by atoms with E-state index < -0.39 is 53.9 Å². The normalized spacial score (nSPS) is 26.4. The summed E-state index contributed by atoms with van der Waals surface area (Å²) in [6, 6.07) is 6.11. The highest BCUT2D eigenvalue weighted by Crippen LogP contribution is 2.37. The van der Waals surface area contributed by atoms with Gasteiger partial charge in [0, 0.05) is 10.8 Å². The van der Waals surface area contributed by atoms with Crippen molar-refractivity contribution in [2.75, 3.05) is 6.61 Å². The lowest BCUT2D eigenvalue weighted by molar-refractivity contribution is -0.178. The van der Waals surface area contributed by atoms with Gasteiger partial charge in [-0.15, -0.1) is 16.9 Å². The molecule has 1 aliphatic rings. The zero-order valence-corrected chi connectivity index (χ0v) is 19.6. The van der Waals surface area contributed by atoms with E-state index in [2.05, 4.69) is 16.9 Å². The molecular formula is C22H23ClF3N3O4S. The summed E-state index contributed by atoms with van der Waals surface area (Å²) in [7, 11) is 0. The highest BCUT2D eigenvalue weighted by molar-refractivity contribution is 7.99. The minimum atomic E-state index is -1.73. The highest BCUT2D eigenvalue weighted by atomic mass is 35.5. The molecule has 2 heterocycles. The second-order valence-electron chi connectivity index (χ2n) is 7.58. The SMILES string of the molecule is C=C(F)/C(F)=C(F)\C=C(/C)c1cn(C2C(O)[C@@H](SCc3ccccc3Cl)OC(CO)[C@@H]2O)nn1. The molecule has 3 N–H and O–H groups in total. The first-order valence-corrected chi connectivity index (χ1v) is 11.5. The lowest BCUT2D eigenvalue weighted by atomic mass is 9.97. The summed E-state index contributed by atoms with van der Waals surface area (Å²) in [6.45, 7) is 3.58. The van der Waals surface area contributed by atoms with Crippen molar-refractivity contribution in [1.29, 1.82) is 0 Å². The maximum absolute atomic E-state index is 13.8. The van der Waals surface area contributed by atoms with Crippen LogP contribution in [0.25, 0.3) is 5.57 Å². The largest absolute Gasteiger partial charge is 0.394 e. The highest BCUT2D eigenvalue weighted by Gasteiger charge is 2.46. The predicted octanol–water partition coefficient (Wildman–Crippen LogP) is 3.88. The molecule has 5 atom stereocenters. The fraction of sp³-hybridized carbons (Fsp3) is 0.364. The van der Waals surface area contributed by atoms with Crippen molar-refractivity contribution in [2.45, 2.75) is 42.5 Å². The van der Waals surface area contributed by atoms with Crippen LogP contribution in [0.1, 0.15) is 24.2 Å². The molecule has 0 bridgehead atoms. The van der Waals surface area contributed by atoms with Gasteiger partial charge in [-0.25, -0.2) is 17.9 Å². The van der Waals surface area contributed by atoms with Gasteiger partial charge < -0.3 is 20.1 Å². The zero-order valence-electron chi connectivity index (χ0n) is 18.0. The molecule has 7 nitrogen and oxygen atoms in total. The Labute approximate surface area is 203 Å². The molecule has 12 heteroatoms. The fourth-order valence-electron chi connectivity index (χ4n) is 3.37. The van der Waals surface area contributed by atoms with Crippen LogP contribution in [0.2, 0.25) is 5.02 Å². The van der Waals surface area contributed by atoms with Crippen LogP contribution in [0.5, 0.6) is 0 Å². The van der Waals surface area contributed by atoms with Crippen molar-refractivity contribution in [2.24, 2.45) is 0 Å². The molecule has 0 radical (unpaired) electrons. The predicted molar refractivity (Wildman–Crippen MR) is 123 cm³/mol. The number of halogens is 4. The number of rotatable bonds is 8. The van der Waals surface area contributed by atoms with Crippen molar-refractivity contribution in [3.05, 3.63) is 76.9 Å². The van der Waals surface area contributed by atoms with Crippen LogP contribution in [0.3, 0.4) is 0 Å². The van der Waals surface area contributed by atoms with Gasteiger partial charge in [0.15, 0.2) is 17.5 Å². The average molecular weight is 518 g/mol. The van der Waals surface area contributed by atoms with Crippen LogP contribution in [-0.4, -0.2) is 60.7 Å². The van der Waals surface area contributed by atoms with E-state index >= 15 is 0 Å². The maximum atomic E-state index is 13.8. The molecule has 2 aromatic rings. The molecule has 184 valence electrons. The molecule has 1 aromatic carbocycles. The summed E-state index contributed by atoms with van der Waals surface area (Å²) >= 11 is 7.41. The van der Waals surface area contributed by atoms with Crippen LogP contribution in [0.4, 0.5) is 13.2 Å². The Balaban J connectivity index is 1.83. The monoisotopic (exact) mass is 517 g/mol. The Morgan fingerprint density at radius 2 is 1.97 bits per heavy atom. The van der Waals surface area contributed by atoms with E-state index in [1.165, 1.54) is 29.6 Å². The Morgan fingerprint density at radius 1 is 1.26 bits per heavy atom. The molecule has 34 heavy (non-hydrogen) atoms. The number of aliphatic hydroxyl groups excluding tert-OH is 3. The standard InChI is InChI=1S/C22H23ClF3N3O4S/c1-11(7-15(25)18(26)12(2)24)16-8-29(28-27-16)19-20(31)17(9-30)33-22(21(19)32)34-10-13-5-3-4-6-14(13)23/h3-8,17,19-22,30-32H,2,9-10H2,1H3/b11-7+,18-15-/t17?,19?,20-,21?,22+/m0/s1. The Bertz CT molecular complexity index is 1100. The number of thioether (sulfide) groups is 1. The van der Waals surface area contributed by atoms with E-state index in [1.54, 1.807) is 12.1 Å². The molecule has 3 unspecified atom stereocenters. The van der Waals surface area contributed by atoms with Crippen LogP contribution >= 0.6 is 23.4 Å². The third-order valence-electron chi connectivity index (χ3n) is 5.22. The number of hydrogen-bond acceptors (Lipinski definition) is 7. The van der Waals surface area contributed by atoms with Crippen LogP contribution in [-0.2, 0) is 10.5 Å². The van der Waals surface area contributed by atoms with Gasteiger partial charge >= 0.3 is 0 Å². The zero-order chi connectivity index (χ0) is 25.0. The lowest BCUT2D eigenvalue weighted by Gasteiger charge is -2.41. The van der Waals surface area contributed by atoms with Gasteiger partial charge in [-0.2, -0.15) is 0 Å². The van der Waals surface area contributed by atoms with E-state index in [4.69, 9.17) is 16.3 Å². The second-order valence-corrected chi connectivity index (χ2v) is 9.07. The third kappa shape index (κ3) is 5.91. The summed E-state index contributed by atoms with van der Waals surface area (Å²) in [5.74, 6) is -4.36. The van der Waals surface area contributed by atoms with Gasteiger partial charge in [0.25, 0.3) is 0 Å². The Morgan fingerprint density at radius 3 is 2.62 bits per heavy atom. The number of ether oxygens (including phenoxy) is 1. The second kappa shape index (κ2) is 11.5. The number of benzene rings is 1. The Kier molecular flexibility index (Phi) is 8.96. The van der Waals surface area contributed by atoms with Crippen LogP contribution in [0.15, 0.2) is 60.6 Å². The number of allylic oxidation sites excluding steroid dienone is 5. The molecule has 1 saturated heterocycles. The van der Waals surface area contributed by atoms with E-state index in [-0.39, 0.29) is 11.3 Å². The van der Waals surface area contributed by atoms with Crippen molar-refractivity contribution in [1.82, 2.24) is 15.0 Å². The number of aromatic nitrogens is 3. The molecular weight excluding hydrogens is 495 g/mol. The first-order valence-electron chi connectivity index (χ1n) is 10.1. The Hall–Kier alpha value is -2.15. The summed E-state index contributed by atoms with van der Waals surface area (Å²) in [4.78, 5) is 0. The summed E-state index contributed by atoms with van der Waals surface area (Å²) < 4.78 is 46.8. The van der Waals surface area contributed by atoms with Gasteiger partial charge in [-0.05, 0) is 30.2 Å². The average Bonchev–Trinajstić information content (AvgIpc) is 3.29. The quantitative estimate of drug-likeness (QED) is 0.457. The molecule has 1 fully saturated rings. The van der Waals surface area contributed by atoms with Crippen molar-refractivity contribution in [3.8, 4) is 0 Å². The third-order valence-corrected chi connectivity index (χ3v) is 6.79. The maximum Gasteiger partial charge on any atom is 0.193 e. The van der Waals surface area contributed by atoms with Crippen LogP contribution in [0, 0.1) is 0 Å². The fourth-order valence-corrected chi connectivity index (χ4v) is 4.82. The smallest absolute Gasteiger partial charge is 0.193 e. The summed E-state index contributed by atoms with van der Waals surface area (Å²) in [6.07, 6.45) is -1.60.